The molecule has 0 saturated heterocycles. The lowest BCUT2D eigenvalue weighted by Gasteiger charge is -2.12. The van der Waals surface area contributed by atoms with Crippen molar-refractivity contribution >= 4 is 11.9 Å². The van der Waals surface area contributed by atoms with Gasteiger partial charge in [-0.1, -0.05) is 6.07 Å². The maximum absolute atomic E-state index is 10.7. The van der Waals surface area contributed by atoms with Crippen molar-refractivity contribution in [1.82, 2.24) is 5.32 Å². The third-order valence-corrected chi connectivity index (χ3v) is 2.56. The van der Waals surface area contributed by atoms with Crippen molar-refractivity contribution in [3.8, 4) is 11.5 Å². The zero-order chi connectivity index (χ0) is 15.1. The summed E-state index contributed by atoms with van der Waals surface area (Å²) in [4.78, 5) is 21.1. The van der Waals surface area contributed by atoms with Crippen LogP contribution in [0.25, 0.3) is 0 Å². The monoisotopic (exact) mass is 283 g/mol. The van der Waals surface area contributed by atoms with Gasteiger partial charge in [0.1, 0.15) is 6.04 Å². The number of hydrogen-bond acceptors (Lipinski definition) is 5. The Morgan fingerprint density at radius 2 is 2.00 bits per heavy atom. The van der Waals surface area contributed by atoms with E-state index in [4.69, 9.17) is 19.7 Å². The predicted octanol–water partition coefficient (Wildman–Crippen LogP) is 0.721. The van der Waals surface area contributed by atoms with Gasteiger partial charge < -0.3 is 25.0 Å². The summed E-state index contributed by atoms with van der Waals surface area (Å²) in [5.74, 6) is -1.29. The van der Waals surface area contributed by atoms with Gasteiger partial charge in [-0.2, -0.15) is 0 Å². The summed E-state index contributed by atoms with van der Waals surface area (Å²) in [6, 6.07) is 4.30. The van der Waals surface area contributed by atoms with Gasteiger partial charge in [0.2, 0.25) is 0 Å². The molecule has 0 aromatic heterocycles. The molecule has 0 aliphatic rings. The van der Waals surface area contributed by atoms with Crippen LogP contribution < -0.4 is 14.8 Å². The Morgan fingerprint density at radius 3 is 2.55 bits per heavy atom. The fraction of sp³-hybridized carbons (Fsp3) is 0.385. The standard InChI is InChI=1S/C13H17NO6/c1-8(13(17)18)14-6-9-3-4-10(11(5-9)19-2)20-7-12(15)16/h3-5,8,14H,6-7H2,1-2H3,(H,15,16)(H,17,18)/t8-/m0/s1. The van der Waals surface area contributed by atoms with Gasteiger partial charge in [0.25, 0.3) is 0 Å². The van der Waals surface area contributed by atoms with Gasteiger partial charge in [-0.05, 0) is 24.6 Å². The van der Waals surface area contributed by atoms with Crippen LogP contribution in [0.3, 0.4) is 0 Å². The van der Waals surface area contributed by atoms with Crippen LogP contribution in [0.5, 0.6) is 11.5 Å². The maximum atomic E-state index is 10.7. The number of methoxy groups -OCH3 is 1. The molecule has 0 heterocycles. The van der Waals surface area contributed by atoms with Crippen molar-refractivity contribution in [2.24, 2.45) is 0 Å². The third kappa shape index (κ3) is 4.77. The molecule has 110 valence electrons. The third-order valence-electron chi connectivity index (χ3n) is 2.56. The number of carbonyl (C=O) groups is 2. The minimum absolute atomic E-state index is 0.324. The van der Waals surface area contributed by atoms with Crippen LogP contribution in [0.1, 0.15) is 12.5 Å². The zero-order valence-corrected chi connectivity index (χ0v) is 11.3. The van der Waals surface area contributed by atoms with Crippen LogP contribution in [0.4, 0.5) is 0 Å². The Kier molecular flexibility index (Phi) is 5.79. The summed E-state index contributed by atoms with van der Waals surface area (Å²) in [6.45, 7) is 1.44. The Labute approximate surface area is 116 Å². The fourth-order valence-electron chi connectivity index (χ4n) is 1.44. The SMILES string of the molecule is COc1cc(CN[C@@H](C)C(=O)O)ccc1OCC(=O)O. The van der Waals surface area contributed by atoms with Crippen LogP contribution in [0, 0.1) is 0 Å². The van der Waals surface area contributed by atoms with Crippen molar-refractivity contribution in [1.29, 1.82) is 0 Å². The van der Waals surface area contributed by atoms with Crippen molar-refractivity contribution in [3.05, 3.63) is 23.8 Å². The summed E-state index contributed by atoms with van der Waals surface area (Å²) < 4.78 is 10.2. The smallest absolute Gasteiger partial charge is 0.341 e. The molecule has 0 radical (unpaired) electrons. The zero-order valence-electron chi connectivity index (χ0n) is 11.3. The minimum Gasteiger partial charge on any atom is -0.493 e. The quantitative estimate of drug-likeness (QED) is 0.645. The first-order valence-corrected chi connectivity index (χ1v) is 5.91. The Balaban J connectivity index is 2.71. The summed E-state index contributed by atoms with van der Waals surface area (Å²) in [7, 11) is 1.44. The van der Waals surface area contributed by atoms with E-state index in [1.54, 1.807) is 25.1 Å². The molecule has 7 heteroatoms. The Bertz CT molecular complexity index is 488. The Morgan fingerprint density at radius 1 is 1.30 bits per heavy atom. The van der Waals surface area contributed by atoms with Gasteiger partial charge in [-0.15, -0.1) is 0 Å². The molecule has 0 amide bonds. The average Bonchev–Trinajstić information content (AvgIpc) is 2.42. The molecule has 3 N–H and O–H groups in total. The van der Waals surface area contributed by atoms with Gasteiger partial charge in [-0.3, -0.25) is 4.79 Å². The van der Waals surface area contributed by atoms with Gasteiger partial charge in [0.05, 0.1) is 7.11 Å². The van der Waals surface area contributed by atoms with Crippen molar-refractivity contribution in [2.75, 3.05) is 13.7 Å². The van der Waals surface area contributed by atoms with Gasteiger partial charge in [0, 0.05) is 6.54 Å². The number of rotatable bonds is 8. The molecule has 0 aliphatic heterocycles. The van der Waals surface area contributed by atoms with Crippen molar-refractivity contribution < 1.29 is 29.3 Å². The highest BCUT2D eigenvalue weighted by molar-refractivity contribution is 5.72. The molecule has 0 unspecified atom stereocenters. The molecular weight excluding hydrogens is 266 g/mol. The first kappa shape index (κ1) is 15.8. The molecule has 0 saturated carbocycles. The van der Waals surface area contributed by atoms with Gasteiger partial charge in [-0.25, -0.2) is 4.79 Å². The molecule has 20 heavy (non-hydrogen) atoms. The molecule has 1 rings (SSSR count). The van der Waals surface area contributed by atoms with Crippen LogP contribution in [-0.2, 0) is 16.1 Å². The topological polar surface area (TPSA) is 105 Å². The lowest BCUT2D eigenvalue weighted by Crippen LogP contribution is -2.33. The number of nitrogens with one attached hydrogen (secondary N) is 1. The summed E-state index contributed by atoms with van der Waals surface area (Å²) in [5, 5.41) is 20.2. The number of ether oxygens (including phenoxy) is 2. The van der Waals surface area contributed by atoms with E-state index >= 15 is 0 Å². The predicted molar refractivity (Wildman–Crippen MR) is 70.1 cm³/mol. The van der Waals surface area contributed by atoms with Gasteiger partial charge in [0.15, 0.2) is 18.1 Å². The molecule has 0 aliphatic carbocycles. The average molecular weight is 283 g/mol. The summed E-state index contributed by atoms with van der Waals surface area (Å²) in [6.07, 6.45) is 0. The molecule has 7 nitrogen and oxygen atoms in total. The van der Waals surface area contributed by atoms with Gasteiger partial charge >= 0.3 is 11.9 Å². The second-order valence-electron chi connectivity index (χ2n) is 4.11. The molecule has 0 bridgehead atoms. The van der Waals surface area contributed by atoms with Crippen molar-refractivity contribution in [3.63, 3.8) is 0 Å². The molecule has 0 spiro atoms. The van der Waals surface area contributed by atoms with Crippen LogP contribution >= 0.6 is 0 Å². The Hall–Kier alpha value is -2.28. The molecule has 0 fully saturated rings. The van der Waals surface area contributed by atoms with E-state index < -0.39 is 24.6 Å². The highest BCUT2D eigenvalue weighted by Crippen LogP contribution is 2.28. The van der Waals surface area contributed by atoms with E-state index in [-0.39, 0.29) is 0 Å². The second kappa shape index (κ2) is 7.34. The van der Waals surface area contributed by atoms with E-state index in [0.29, 0.717) is 18.0 Å². The second-order valence-corrected chi connectivity index (χ2v) is 4.11. The normalized spacial score (nSPS) is 11.7. The minimum atomic E-state index is -1.08. The lowest BCUT2D eigenvalue weighted by molar-refractivity contribution is -0.140. The molecule has 1 aromatic carbocycles. The first-order chi connectivity index (χ1) is 9.43. The van der Waals surface area contributed by atoms with E-state index in [2.05, 4.69) is 5.32 Å². The highest BCUT2D eigenvalue weighted by Gasteiger charge is 2.11. The van der Waals surface area contributed by atoms with Crippen LogP contribution in [0.15, 0.2) is 18.2 Å². The van der Waals surface area contributed by atoms with Crippen LogP contribution in [-0.4, -0.2) is 41.9 Å². The highest BCUT2D eigenvalue weighted by atomic mass is 16.5. The number of aliphatic carboxylic acids is 2. The first-order valence-electron chi connectivity index (χ1n) is 5.91. The maximum Gasteiger partial charge on any atom is 0.341 e. The largest absolute Gasteiger partial charge is 0.493 e. The lowest BCUT2D eigenvalue weighted by atomic mass is 10.2. The number of hydrogen-bond donors (Lipinski definition) is 3. The van der Waals surface area contributed by atoms with E-state index in [0.717, 1.165) is 5.56 Å². The van der Waals surface area contributed by atoms with E-state index in [9.17, 15) is 9.59 Å². The van der Waals surface area contributed by atoms with E-state index in [1.807, 2.05) is 0 Å². The van der Waals surface area contributed by atoms with Crippen molar-refractivity contribution in [2.45, 2.75) is 19.5 Å². The molecular formula is C13H17NO6. The number of carboxylic acid groups (broad SMARTS) is 2. The summed E-state index contributed by atoms with van der Waals surface area (Å²) >= 11 is 0. The van der Waals surface area contributed by atoms with E-state index in [1.165, 1.54) is 7.11 Å². The fourth-order valence-corrected chi connectivity index (χ4v) is 1.44. The van der Waals surface area contributed by atoms with Crippen LogP contribution in [0.2, 0.25) is 0 Å². The number of carboxylic acids is 2. The molecule has 1 atom stereocenters. The molecule has 1 aromatic rings. The summed E-state index contributed by atoms with van der Waals surface area (Å²) in [5.41, 5.74) is 0.803. The number of benzene rings is 1.